The highest BCUT2D eigenvalue weighted by Gasteiger charge is 2.19. The van der Waals surface area contributed by atoms with Crippen molar-refractivity contribution in [2.75, 3.05) is 0 Å². The molecule has 7 nitrogen and oxygen atoms in total. The highest BCUT2D eigenvalue weighted by molar-refractivity contribution is 8.00. The number of thioether (sulfide) groups is 1. The number of nitrogens with zero attached hydrogens (tertiary/aromatic N) is 2. The highest BCUT2D eigenvalue weighted by atomic mass is 32.2. The summed E-state index contributed by atoms with van der Waals surface area (Å²) in [6.45, 7) is 1.67. The Balaban J connectivity index is 1.99. The van der Waals surface area contributed by atoms with E-state index >= 15 is 0 Å². The molecular weight excluding hydrogens is 328 g/mol. The van der Waals surface area contributed by atoms with Crippen molar-refractivity contribution in [3.05, 3.63) is 42.7 Å². The number of carbonyl (C=O) groups excluding carboxylic acids is 2. The molecule has 24 heavy (non-hydrogen) atoms. The number of para-hydroxylation sites is 1. The highest BCUT2D eigenvalue weighted by Crippen LogP contribution is 2.31. The molecule has 0 spiro atoms. The van der Waals surface area contributed by atoms with Crippen LogP contribution in [0.3, 0.4) is 0 Å². The molecule has 3 N–H and O–H groups in total. The summed E-state index contributed by atoms with van der Waals surface area (Å²) in [5, 5.41) is 2.96. The summed E-state index contributed by atoms with van der Waals surface area (Å²) in [4.78, 5) is 31.7. The van der Waals surface area contributed by atoms with E-state index in [9.17, 15) is 9.59 Å². The number of urea groups is 1. The molecule has 3 amide bonds. The van der Waals surface area contributed by atoms with E-state index in [-0.39, 0.29) is 0 Å². The van der Waals surface area contributed by atoms with Crippen LogP contribution in [-0.4, -0.2) is 27.2 Å². The Morgan fingerprint density at radius 2 is 2.00 bits per heavy atom. The number of furan rings is 1. The second-order valence-electron chi connectivity index (χ2n) is 4.96. The molecule has 1 atom stereocenters. The zero-order chi connectivity index (χ0) is 17.1. The van der Waals surface area contributed by atoms with Gasteiger partial charge in [0.2, 0.25) is 5.91 Å². The number of fused-ring (bicyclic) bond motifs is 1. The van der Waals surface area contributed by atoms with Crippen LogP contribution >= 0.6 is 11.8 Å². The van der Waals surface area contributed by atoms with Crippen molar-refractivity contribution in [1.82, 2.24) is 15.3 Å². The van der Waals surface area contributed by atoms with Gasteiger partial charge in [0.05, 0.1) is 17.0 Å². The zero-order valence-corrected chi connectivity index (χ0v) is 13.5. The number of nitrogens with two attached hydrogens (primary N) is 1. The number of amides is 3. The van der Waals surface area contributed by atoms with E-state index in [1.165, 1.54) is 11.8 Å². The minimum Gasteiger partial charge on any atom is -0.461 e. The Hall–Kier alpha value is -2.87. The predicted molar refractivity (Wildman–Crippen MR) is 90.3 cm³/mol. The van der Waals surface area contributed by atoms with E-state index in [0.717, 1.165) is 10.9 Å². The Bertz CT molecular complexity index is 895. The summed E-state index contributed by atoms with van der Waals surface area (Å²) in [6.07, 6.45) is 1.55. The average Bonchev–Trinajstić information content (AvgIpc) is 3.08. The molecule has 2 aromatic heterocycles. The molecule has 8 heteroatoms. The minimum absolute atomic E-state index is 0.434. The van der Waals surface area contributed by atoms with Crippen molar-refractivity contribution in [3.63, 3.8) is 0 Å². The van der Waals surface area contributed by atoms with Gasteiger partial charge in [-0.15, -0.1) is 0 Å². The van der Waals surface area contributed by atoms with Gasteiger partial charge in [0.25, 0.3) is 0 Å². The molecule has 2 heterocycles. The summed E-state index contributed by atoms with van der Waals surface area (Å²) in [5.74, 6) is 0.496. The van der Waals surface area contributed by atoms with Gasteiger partial charge in [-0.2, -0.15) is 0 Å². The summed E-state index contributed by atoms with van der Waals surface area (Å²) in [7, 11) is 0. The summed E-state index contributed by atoms with van der Waals surface area (Å²) in [6, 6.07) is 10.1. The maximum absolute atomic E-state index is 11.9. The average molecular weight is 342 g/mol. The summed E-state index contributed by atoms with van der Waals surface area (Å²) in [5.41, 5.74) is 5.72. The van der Waals surface area contributed by atoms with Crippen molar-refractivity contribution in [2.24, 2.45) is 5.73 Å². The molecule has 1 aromatic carbocycles. The molecular formula is C16H14N4O3S. The van der Waals surface area contributed by atoms with E-state index < -0.39 is 17.2 Å². The lowest BCUT2D eigenvalue weighted by atomic mass is 10.2. The fraction of sp³-hybridized carbons (Fsp3) is 0.125. The lowest BCUT2D eigenvalue weighted by Crippen LogP contribution is -2.39. The topological polar surface area (TPSA) is 111 Å². The monoisotopic (exact) mass is 342 g/mol. The molecule has 0 bridgehead atoms. The fourth-order valence-electron chi connectivity index (χ4n) is 2.10. The molecule has 0 radical (unpaired) electrons. The number of primary amides is 1. The van der Waals surface area contributed by atoms with Crippen molar-refractivity contribution in [2.45, 2.75) is 17.2 Å². The second-order valence-corrected chi connectivity index (χ2v) is 6.29. The van der Waals surface area contributed by atoms with E-state index in [4.69, 9.17) is 10.2 Å². The first-order chi connectivity index (χ1) is 11.5. The molecule has 0 aliphatic carbocycles. The van der Waals surface area contributed by atoms with Gasteiger partial charge in [0.1, 0.15) is 5.03 Å². The van der Waals surface area contributed by atoms with Gasteiger partial charge in [-0.3, -0.25) is 10.1 Å². The standard InChI is InChI=1S/C16H14N4O3S/c1-9(14(21)20-16(17)22)24-15-10-5-2-3-6-11(10)18-13(19-15)12-7-4-8-23-12/h2-9H,1H3,(H3,17,20,21,22). The van der Waals surface area contributed by atoms with Crippen molar-refractivity contribution < 1.29 is 14.0 Å². The molecule has 0 saturated heterocycles. The maximum atomic E-state index is 11.9. The number of aromatic nitrogens is 2. The van der Waals surface area contributed by atoms with Gasteiger partial charge in [-0.1, -0.05) is 30.0 Å². The summed E-state index contributed by atoms with van der Waals surface area (Å²) < 4.78 is 5.35. The first-order valence-electron chi connectivity index (χ1n) is 7.12. The Kier molecular flexibility index (Phi) is 4.48. The van der Waals surface area contributed by atoms with Gasteiger partial charge in [0, 0.05) is 5.39 Å². The first-order valence-corrected chi connectivity index (χ1v) is 8.00. The number of imide groups is 1. The van der Waals surface area contributed by atoms with Gasteiger partial charge in [-0.25, -0.2) is 14.8 Å². The number of carbonyl (C=O) groups is 2. The molecule has 0 aliphatic rings. The van der Waals surface area contributed by atoms with Gasteiger partial charge in [-0.05, 0) is 25.1 Å². The second kappa shape index (κ2) is 6.71. The Labute approximate surface area is 141 Å². The van der Waals surface area contributed by atoms with Gasteiger partial charge >= 0.3 is 6.03 Å². The SMILES string of the molecule is CC(Sc1nc(-c2ccco2)nc2ccccc12)C(=O)NC(N)=O. The van der Waals surface area contributed by atoms with Crippen LogP contribution in [0.1, 0.15) is 6.92 Å². The van der Waals surface area contributed by atoms with Crippen LogP contribution in [0.2, 0.25) is 0 Å². The number of rotatable bonds is 4. The number of hydrogen-bond donors (Lipinski definition) is 2. The van der Waals surface area contributed by atoms with Crippen LogP contribution in [0.4, 0.5) is 4.79 Å². The zero-order valence-electron chi connectivity index (χ0n) is 12.7. The summed E-state index contributed by atoms with van der Waals surface area (Å²) >= 11 is 1.22. The predicted octanol–water partition coefficient (Wildman–Crippen LogP) is 2.57. The molecule has 122 valence electrons. The molecule has 3 aromatic rings. The van der Waals surface area contributed by atoms with Gasteiger partial charge < -0.3 is 10.2 Å². The molecule has 3 rings (SSSR count). The quantitative estimate of drug-likeness (QED) is 0.557. The molecule has 0 saturated carbocycles. The van der Waals surface area contributed by atoms with Crippen LogP contribution in [-0.2, 0) is 4.79 Å². The minimum atomic E-state index is -0.878. The molecule has 0 aliphatic heterocycles. The lowest BCUT2D eigenvalue weighted by molar-refractivity contribution is -0.119. The fourth-order valence-corrected chi connectivity index (χ4v) is 3.04. The van der Waals surface area contributed by atoms with Crippen LogP contribution in [0, 0.1) is 0 Å². The largest absolute Gasteiger partial charge is 0.461 e. The van der Waals surface area contributed by atoms with Crippen molar-refractivity contribution >= 4 is 34.6 Å². The van der Waals surface area contributed by atoms with Crippen LogP contribution < -0.4 is 11.1 Å². The molecule has 1 unspecified atom stereocenters. The van der Waals surface area contributed by atoms with Gasteiger partial charge in [0.15, 0.2) is 11.6 Å². The number of benzene rings is 1. The first kappa shape index (κ1) is 16.0. The van der Waals surface area contributed by atoms with Crippen LogP contribution in [0.15, 0.2) is 52.1 Å². The molecule has 0 fully saturated rings. The van der Waals surface area contributed by atoms with E-state index in [1.54, 1.807) is 25.3 Å². The van der Waals surface area contributed by atoms with Crippen LogP contribution in [0.25, 0.3) is 22.5 Å². The van der Waals surface area contributed by atoms with Crippen molar-refractivity contribution in [1.29, 1.82) is 0 Å². The Morgan fingerprint density at radius 3 is 2.71 bits per heavy atom. The smallest absolute Gasteiger partial charge is 0.318 e. The van der Waals surface area contributed by atoms with Crippen LogP contribution in [0.5, 0.6) is 0 Å². The maximum Gasteiger partial charge on any atom is 0.318 e. The normalized spacial score (nSPS) is 12.0. The number of hydrogen-bond acceptors (Lipinski definition) is 6. The van der Waals surface area contributed by atoms with E-state index in [1.807, 2.05) is 24.3 Å². The van der Waals surface area contributed by atoms with Crippen molar-refractivity contribution in [3.8, 4) is 11.6 Å². The third-order valence-electron chi connectivity index (χ3n) is 3.21. The third kappa shape index (κ3) is 3.38. The van der Waals surface area contributed by atoms with E-state index in [2.05, 4.69) is 15.3 Å². The van der Waals surface area contributed by atoms with E-state index in [0.29, 0.717) is 16.6 Å². The number of nitrogens with one attached hydrogen (secondary N) is 1. The Morgan fingerprint density at radius 1 is 1.21 bits per heavy atom. The third-order valence-corrected chi connectivity index (χ3v) is 4.32. The lowest BCUT2D eigenvalue weighted by Gasteiger charge is -2.12.